The molecule has 1 saturated carbocycles. The average molecular weight is 422 g/mol. The van der Waals surface area contributed by atoms with Crippen LogP contribution in [-0.2, 0) is 16.1 Å². The van der Waals surface area contributed by atoms with Gasteiger partial charge in [-0.05, 0) is 61.1 Å². The van der Waals surface area contributed by atoms with Crippen LogP contribution in [0.4, 0.5) is 11.4 Å². The maximum Gasteiger partial charge on any atom is 0.241 e. The number of rotatable bonds is 8. The first-order valence-corrected chi connectivity index (χ1v) is 11.6. The Balaban J connectivity index is 1.37. The van der Waals surface area contributed by atoms with Crippen LogP contribution < -0.4 is 10.2 Å². The number of hydrogen-bond donors (Lipinski definition) is 1. The van der Waals surface area contributed by atoms with Crippen molar-refractivity contribution in [3.63, 3.8) is 0 Å². The third-order valence-electron chi connectivity index (χ3n) is 6.42. The van der Waals surface area contributed by atoms with Gasteiger partial charge < -0.3 is 15.0 Å². The number of nitrogens with zero attached hydrogens (tertiary/aromatic N) is 2. The van der Waals surface area contributed by atoms with Gasteiger partial charge >= 0.3 is 0 Å². The molecule has 2 fully saturated rings. The van der Waals surface area contributed by atoms with Gasteiger partial charge in [-0.25, -0.2) is 0 Å². The molecular weight excluding hydrogens is 386 g/mol. The normalized spacial score (nSPS) is 17.8. The fourth-order valence-corrected chi connectivity index (χ4v) is 4.18. The van der Waals surface area contributed by atoms with E-state index in [9.17, 15) is 4.79 Å². The summed E-state index contributed by atoms with van der Waals surface area (Å²) in [6, 6.07) is 17.4. The maximum absolute atomic E-state index is 13.0. The molecule has 31 heavy (non-hydrogen) atoms. The summed E-state index contributed by atoms with van der Waals surface area (Å²) >= 11 is 0. The molecule has 4 rings (SSSR count). The van der Waals surface area contributed by atoms with Gasteiger partial charge in [-0.2, -0.15) is 0 Å². The predicted octanol–water partition coefficient (Wildman–Crippen LogP) is 4.64. The number of amides is 1. The largest absolute Gasteiger partial charge is 0.378 e. The van der Waals surface area contributed by atoms with Crippen molar-refractivity contribution in [1.29, 1.82) is 0 Å². The van der Waals surface area contributed by atoms with Crippen molar-refractivity contribution in [2.45, 2.75) is 58.2 Å². The average Bonchev–Trinajstić information content (AvgIpc) is 3.64. The van der Waals surface area contributed by atoms with E-state index in [1.807, 2.05) is 19.1 Å². The number of morpholine rings is 1. The van der Waals surface area contributed by atoms with Crippen molar-refractivity contribution in [3.05, 3.63) is 59.7 Å². The third kappa shape index (κ3) is 5.66. The number of nitrogens with one attached hydrogen (secondary N) is 1. The van der Waals surface area contributed by atoms with E-state index in [2.05, 4.69) is 65.4 Å². The topological polar surface area (TPSA) is 44.8 Å². The molecule has 1 saturated heterocycles. The zero-order valence-corrected chi connectivity index (χ0v) is 19.0. The molecule has 2 aliphatic rings. The molecule has 1 N–H and O–H groups in total. The maximum atomic E-state index is 13.0. The molecule has 0 spiro atoms. The summed E-state index contributed by atoms with van der Waals surface area (Å²) in [5.41, 5.74) is 4.66. The molecule has 0 bridgehead atoms. The Morgan fingerprint density at radius 2 is 1.68 bits per heavy atom. The Morgan fingerprint density at radius 1 is 1.03 bits per heavy atom. The number of carbonyl (C=O) groups is 1. The SMILES string of the molecule is CC(C)c1ccc(CN(C2CC2)[C@@H](C)C(=O)Nc2ccc(N3CCOCC3)cc2)cc1. The van der Waals surface area contributed by atoms with E-state index in [1.165, 1.54) is 29.7 Å². The van der Waals surface area contributed by atoms with Crippen LogP contribution in [0.3, 0.4) is 0 Å². The first-order valence-electron chi connectivity index (χ1n) is 11.6. The standard InChI is InChI=1S/C26H35N3O2/c1-19(2)22-6-4-21(5-7-22)18-29(25-12-13-25)20(3)26(30)27-23-8-10-24(11-9-23)28-14-16-31-17-15-28/h4-11,19-20,25H,12-18H2,1-3H3,(H,27,30)/t20-/m0/s1. The van der Waals surface area contributed by atoms with Gasteiger partial charge in [-0.1, -0.05) is 38.1 Å². The molecule has 1 heterocycles. The predicted molar refractivity (Wildman–Crippen MR) is 127 cm³/mol. The summed E-state index contributed by atoms with van der Waals surface area (Å²) in [6.07, 6.45) is 2.35. The molecule has 5 heteroatoms. The van der Waals surface area contributed by atoms with E-state index >= 15 is 0 Å². The lowest BCUT2D eigenvalue weighted by molar-refractivity contribution is -0.121. The highest BCUT2D eigenvalue weighted by molar-refractivity contribution is 5.94. The van der Waals surface area contributed by atoms with Crippen LogP contribution in [0.15, 0.2) is 48.5 Å². The zero-order valence-electron chi connectivity index (χ0n) is 19.0. The number of ether oxygens (including phenoxy) is 1. The molecule has 1 atom stereocenters. The Morgan fingerprint density at radius 3 is 2.26 bits per heavy atom. The Kier molecular flexibility index (Phi) is 6.93. The molecule has 166 valence electrons. The lowest BCUT2D eigenvalue weighted by Gasteiger charge is -2.29. The highest BCUT2D eigenvalue weighted by Gasteiger charge is 2.35. The molecular formula is C26H35N3O2. The number of benzene rings is 2. The van der Waals surface area contributed by atoms with Gasteiger partial charge in [0.25, 0.3) is 0 Å². The molecule has 0 unspecified atom stereocenters. The van der Waals surface area contributed by atoms with E-state index < -0.39 is 0 Å². The van der Waals surface area contributed by atoms with E-state index in [0.717, 1.165) is 38.5 Å². The first kappa shape index (κ1) is 21.8. The van der Waals surface area contributed by atoms with Crippen molar-refractivity contribution >= 4 is 17.3 Å². The molecule has 1 amide bonds. The number of carbonyl (C=O) groups excluding carboxylic acids is 1. The summed E-state index contributed by atoms with van der Waals surface area (Å²) in [5.74, 6) is 0.595. The van der Waals surface area contributed by atoms with Gasteiger partial charge in [-0.15, -0.1) is 0 Å². The van der Waals surface area contributed by atoms with Crippen molar-refractivity contribution < 1.29 is 9.53 Å². The summed E-state index contributed by atoms with van der Waals surface area (Å²) in [5, 5.41) is 3.12. The number of anilines is 2. The summed E-state index contributed by atoms with van der Waals surface area (Å²) in [4.78, 5) is 17.7. The van der Waals surface area contributed by atoms with E-state index in [0.29, 0.717) is 12.0 Å². The number of hydrogen-bond acceptors (Lipinski definition) is 4. The zero-order chi connectivity index (χ0) is 21.8. The molecule has 5 nitrogen and oxygen atoms in total. The van der Waals surface area contributed by atoms with E-state index in [-0.39, 0.29) is 11.9 Å². The van der Waals surface area contributed by atoms with Crippen LogP contribution in [0.25, 0.3) is 0 Å². The van der Waals surface area contributed by atoms with Gasteiger partial charge in [0, 0.05) is 37.1 Å². The fraction of sp³-hybridized carbons (Fsp3) is 0.500. The second-order valence-electron chi connectivity index (χ2n) is 9.11. The minimum Gasteiger partial charge on any atom is -0.378 e. The fourth-order valence-electron chi connectivity index (χ4n) is 4.18. The van der Waals surface area contributed by atoms with Crippen LogP contribution >= 0.6 is 0 Å². The lowest BCUT2D eigenvalue weighted by Crippen LogP contribution is -2.43. The van der Waals surface area contributed by atoms with Crippen LogP contribution in [0.1, 0.15) is 50.7 Å². The Hall–Kier alpha value is -2.37. The monoisotopic (exact) mass is 421 g/mol. The second kappa shape index (κ2) is 9.84. The Labute approximate surface area is 186 Å². The lowest BCUT2D eigenvalue weighted by atomic mass is 10.0. The second-order valence-corrected chi connectivity index (χ2v) is 9.11. The highest BCUT2D eigenvalue weighted by atomic mass is 16.5. The minimum absolute atomic E-state index is 0.0600. The molecule has 2 aromatic carbocycles. The van der Waals surface area contributed by atoms with Crippen molar-refractivity contribution in [2.24, 2.45) is 0 Å². The van der Waals surface area contributed by atoms with Gasteiger partial charge in [0.1, 0.15) is 0 Å². The summed E-state index contributed by atoms with van der Waals surface area (Å²) in [6.45, 7) is 10.6. The van der Waals surface area contributed by atoms with Crippen LogP contribution in [0.2, 0.25) is 0 Å². The van der Waals surface area contributed by atoms with E-state index in [4.69, 9.17) is 4.74 Å². The summed E-state index contributed by atoms with van der Waals surface area (Å²) in [7, 11) is 0. The molecule has 1 aliphatic heterocycles. The van der Waals surface area contributed by atoms with Crippen LogP contribution in [0.5, 0.6) is 0 Å². The van der Waals surface area contributed by atoms with Crippen LogP contribution in [-0.4, -0.2) is 49.2 Å². The van der Waals surface area contributed by atoms with Crippen LogP contribution in [0, 0.1) is 0 Å². The molecule has 1 aliphatic carbocycles. The van der Waals surface area contributed by atoms with Gasteiger partial charge in [0.05, 0.1) is 19.3 Å². The van der Waals surface area contributed by atoms with Gasteiger partial charge in [-0.3, -0.25) is 9.69 Å². The molecule has 0 aromatic heterocycles. The van der Waals surface area contributed by atoms with Gasteiger partial charge in [0.2, 0.25) is 5.91 Å². The first-order chi connectivity index (χ1) is 15.0. The quantitative estimate of drug-likeness (QED) is 0.675. The highest BCUT2D eigenvalue weighted by Crippen LogP contribution is 2.31. The molecule has 2 aromatic rings. The van der Waals surface area contributed by atoms with Crippen molar-refractivity contribution in [2.75, 3.05) is 36.5 Å². The van der Waals surface area contributed by atoms with E-state index in [1.54, 1.807) is 0 Å². The smallest absolute Gasteiger partial charge is 0.241 e. The third-order valence-corrected chi connectivity index (χ3v) is 6.42. The molecule has 0 radical (unpaired) electrons. The summed E-state index contributed by atoms with van der Waals surface area (Å²) < 4.78 is 5.43. The minimum atomic E-state index is -0.170. The Bertz CT molecular complexity index is 853. The van der Waals surface area contributed by atoms with Gasteiger partial charge in [0.15, 0.2) is 0 Å². The van der Waals surface area contributed by atoms with Crippen molar-refractivity contribution in [1.82, 2.24) is 4.90 Å². The van der Waals surface area contributed by atoms with Crippen molar-refractivity contribution in [3.8, 4) is 0 Å².